The second kappa shape index (κ2) is 8.22. The maximum absolute atomic E-state index is 12.4. The summed E-state index contributed by atoms with van der Waals surface area (Å²) in [5.41, 5.74) is 1.19. The zero-order valence-corrected chi connectivity index (χ0v) is 15.4. The number of benzene rings is 2. The number of halogens is 1. The summed E-state index contributed by atoms with van der Waals surface area (Å²) in [5, 5.41) is 0.585. The van der Waals surface area contributed by atoms with Gasteiger partial charge >= 0.3 is 11.9 Å². The van der Waals surface area contributed by atoms with Crippen molar-refractivity contribution < 1.29 is 23.9 Å². The van der Waals surface area contributed by atoms with Crippen LogP contribution in [0.4, 0.5) is 0 Å². The third kappa shape index (κ3) is 4.46. The number of rotatable bonds is 5. The molecule has 1 atom stereocenters. The van der Waals surface area contributed by atoms with Crippen molar-refractivity contribution in [2.24, 2.45) is 5.92 Å². The molecule has 3 rings (SSSR count). The van der Waals surface area contributed by atoms with Gasteiger partial charge in [-0.15, -0.1) is 0 Å². The maximum Gasteiger partial charge on any atom is 0.337 e. The zero-order chi connectivity index (χ0) is 19.4. The first-order valence-corrected chi connectivity index (χ1v) is 8.77. The fourth-order valence-corrected chi connectivity index (χ4v) is 3.09. The molecule has 1 fully saturated rings. The van der Waals surface area contributed by atoms with Crippen LogP contribution in [0.3, 0.4) is 0 Å². The highest BCUT2D eigenvalue weighted by Gasteiger charge is 2.35. The van der Waals surface area contributed by atoms with E-state index in [1.54, 1.807) is 11.0 Å². The van der Waals surface area contributed by atoms with Crippen LogP contribution in [0, 0.1) is 5.92 Å². The van der Waals surface area contributed by atoms with Crippen LogP contribution >= 0.6 is 11.6 Å². The molecular formula is C20H18ClNO5. The van der Waals surface area contributed by atoms with Crippen LogP contribution in [-0.4, -0.2) is 36.4 Å². The highest BCUT2D eigenvalue weighted by atomic mass is 35.5. The van der Waals surface area contributed by atoms with E-state index in [1.807, 2.05) is 18.2 Å². The number of nitrogens with zero attached hydrogens (tertiary/aromatic N) is 1. The Bertz CT molecular complexity index is 865. The van der Waals surface area contributed by atoms with Crippen molar-refractivity contribution in [3.05, 3.63) is 64.7 Å². The Labute approximate surface area is 161 Å². The van der Waals surface area contributed by atoms with Gasteiger partial charge in [0.25, 0.3) is 0 Å². The Morgan fingerprint density at radius 2 is 1.85 bits per heavy atom. The Kier molecular flexibility index (Phi) is 5.76. The summed E-state index contributed by atoms with van der Waals surface area (Å²) >= 11 is 6.14. The smallest absolute Gasteiger partial charge is 0.337 e. The number of carbonyl (C=O) groups is 3. The Morgan fingerprint density at radius 1 is 1.15 bits per heavy atom. The molecule has 6 nitrogen and oxygen atoms in total. The molecule has 0 aliphatic carbocycles. The maximum atomic E-state index is 12.4. The summed E-state index contributed by atoms with van der Waals surface area (Å²) in [6.07, 6.45) is 0.101. The Morgan fingerprint density at radius 3 is 2.52 bits per heavy atom. The van der Waals surface area contributed by atoms with Crippen LogP contribution in [0.5, 0.6) is 5.75 Å². The van der Waals surface area contributed by atoms with Crippen molar-refractivity contribution in [3.8, 4) is 5.75 Å². The van der Waals surface area contributed by atoms with Crippen molar-refractivity contribution in [2.75, 3.05) is 13.7 Å². The van der Waals surface area contributed by atoms with E-state index in [9.17, 15) is 14.4 Å². The molecule has 27 heavy (non-hydrogen) atoms. The van der Waals surface area contributed by atoms with Gasteiger partial charge in [-0.3, -0.25) is 9.59 Å². The molecule has 7 heteroatoms. The van der Waals surface area contributed by atoms with Crippen molar-refractivity contribution in [2.45, 2.75) is 13.0 Å². The number of likely N-dealkylation sites (tertiary alicyclic amines) is 1. The Balaban J connectivity index is 1.60. The van der Waals surface area contributed by atoms with Gasteiger partial charge in [-0.2, -0.15) is 0 Å². The lowest BCUT2D eigenvalue weighted by Crippen LogP contribution is -2.27. The summed E-state index contributed by atoms with van der Waals surface area (Å²) in [7, 11) is 1.29. The van der Waals surface area contributed by atoms with Crippen molar-refractivity contribution >= 4 is 29.4 Å². The molecule has 1 heterocycles. The van der Waals surface area contributed by atoms with E-state index in [4.69, 9.17) is 16.3 Å². The molecular weight excluding hydrogens is 370 g/mol. The largest absolute Gasteiger partial charge is 0.465 e. The number of esters is 2. The predicted molar refractivity (Wildman–Crippen MR) is 98.4 cm³/mol. The number of hydrogen-bond acceptors (Lipinski definition) is 5. The second-order valence-electron chi connectivity index (χ2n) is 6.20. The lowest BCUT2D eigenvalue weighted by Gasteiger charge is -2.17. The molecule has 0 radical (unpaired) electrons. The molecule has 0 N–H and O–H groups in total. The lowest BCUT2D eigenvalue weighted by molar-refractivity contribution is -0.139. The first-order chi connectivity index (χ1) is 13.0. The van der Waals surface area contributed by atoms with Crippen LogP contribution < -0.4 is 4.74 Å². The van der Waals surface area contributed by atoms with E-state index in [0.29, 0.717) is 22.9 Å². The van der Waals surface area contributed by atoms with E-state index in [-0.39, 0.29) is 18.9 Å². The highest BCUT2D eigenvalue weighted by Crippen LogP contribution is 2.25. The van der Waals surface area contributed by atoms with Crippen LogP contribution in [0.2, 0.25) is 5.02 Å². The summed E-state index contributed by atoms with van der Waals surface area (Å²) in [6.45, 7) is 0.638. The van der Waals surface area contributed by atoms with Crippen molar-refractivity contribution in [1.29, 1.82) is 0 Å². The third-order valence-electron chi connectivity index (χ3n) is 4.36. The zero-order valence-electron chi connectivity index (χ0n) is 14.7. The second-order valence-corrected chi connectivity index (χ2v) is 6.61. The summed E-state index contributed by atoms with van der Waals surface area (Å²) < 4.78 is 9.96. The quantitative estimate of drug-likeness (QED) is 0.582. The fourth-order valence-electron chi connectivity index (χ4n) is 2.89. The van der Waals surface area contributed by atoms with Crippen molar-refractivity contribution in [1.82, 2.24) is 4.90 Å². The number of methoxy groups -OCH3 is 1. The molecule has 2 aromatic rings. The molecule has 2 aromatic carbocycles. The third-order valence-corrected chi connectivity index (χ3v) is 4.73. The monoisotopic (exact) mass is 387 g/mol. The average Bonchev–Trinajstić information content (AvgIpc) is 3.04. The number of amides is 1. The van der Waals surface area contributed by atoms with Crippen LogP contribution in [0.15, 0.2) is 48.5 Å². The molecule has 1 aliphatic rings. The highest BCUT2D eigenvalue weighted by molar-refractivity contribution is 6.31. The van der Waals surface area contributed by atoms with Gasteiger partial charge in [-0.25, -0.2) is 4.79 Å². The number of ether oxygens (including phenoxy) is 2. The molecule has 0 bridgehead atoms. The topological polar surface area (TPSA) is 72.9 Å². The number of hydrogen-bond donors (Lipinski definition) is 0. The summed E-state index contributed by atoms with van der Waals surface area (Å²) in [6, 6.07) is 13.3. The van der Waals surface area contributed by atoms with Gasteiger partial charge in [-0.05, 0) is 35.9 Å². The standard InChI is InChI=1S/C20H18ClNO5/c1-26-19(24)13-6-8-16(9-7-13)27-20(25)15-10-18(23)22(12-15)11-14-4-2-3-5-17(14)21/h2-9,15H,10-12H2,1H3/t15-/m0/s1. The summed E-state index contributed by atoms with van der Waals surface area (Å²) in [4.78, 5) is 37.6. The van der Waals surface area contributed by atoms with Gasteiger partial charge in [0.05, 0.1) is 18.6 Å². The van der Waals surface area contributed by atoms with Crippen LogP contribution in [0.25, 0.3) is 0 Å². The molecule has 1 saturated heterocycles. The lowest BCUT2D eigenvalue weighted by atomic mass is 10.1. The minimum absolute atomic E-state index is 0.101. The average molecular weight is 388 g/mol. The van der Waals surface area contributed by atoms with Gasteiger partial charge in [0.1, 0.15) is 5.75 Å². The fraction of sp³-hybridized carbons (Fsp3) is 0.250. The normalized spacial score (nSPS) is 16.3. The van der Waals surface area contributed by atoms with E-state index in [1.165, 1.54) is 31.4 Å². The van der Waals surface area contributed by atoms with Gasteiger partial charge in [-0.1, -0.05) is 29.8 Å². The summed E-state index contributed by atoms with van der Waals surface area (Å²) in [5.74, 6) is -1.29. The minimum Gasteiger partial charge on any atom is -0.465 e. The van der Waals surface area contributed by atoms with Crippen LogP contribution in [-0.2, 0) is 20.9 Å². The molecule has 140 valence electrons. The minimum atomic E-state index is -0.541. The molecule has 0 spiro atoms. The predicted octanol–water partition coefficient (Wildman–Crippen LogP) is 3.08. The number of carbonyl (C=O) groups excluding carboxylic acids is 3. The first kappa shape index (κ1) is 18.9. The van der Waals surface area contributed by atoms with E-state index in [2.05, 4.69) is 4.74 Å². The Hall–Kier alpha value is -2.86. The van der Waals surface area contributed by atoms with Gasteiger partial charge < -0.3 is 14.4 Å². The van der Waals surface area contributed by atoms with E-state index >= 15 is 0 Å². The SMILES string of the molecule is COC(=O)c1ccc(OC(=O)[C@H]2CC(=O)N(Cc3ccccc3Cl)C2)cc1. The molecule has 0 unspecified atom stereocenters. The van der Waals surface area contributed by atoms with Gasteiger partial charge in [0.2, 0.25) is 5.91 Å². The van der Waals surface area contributed by atoms with Gasteiger partial charge in [0, 0.05) is 24.5 Å². The van der Waals surface area contributed by atoms with Gasteiger partial charge in [0.15, 0.2) is 0 Å². The molecule has 0 aromatic heterocycles. The van der Waals surface area contributed by atoms with E-state index < -0.39 is 17.9 Å². The van der Waals surface area contributed by atoms with Crippen LogP contribution in [0.1, 0.15) is 22.3 Å². The van der Waals surface area contributed by atoms with E-state index in [0.717, 1.165) is 5.56 Å². The van der Waals surface area contributed by atoms with Crippen molar-refractivity contribution in [3.63, 3.8) is 0 Å². The molecule has 0 saturated carbocycles. The first-order valence-electron chi connectivity index (χ1n) is 8.39. The molecule has 1 amide bonds. The molecule has 1 aliphatic heterocycles.